The Hall–Kier alpha value is -1.57. The van der Waals surface area contributed by atoms with Crippen molar-refractivity contribution in [3.63, 3.8) is 0 Å². The maximum atomic E-state index is 11.4. The normalized spacial score (nSPS) is 10.1. The van der Waals surface area contributed by atoms with Gasteiger partial charge in [0.15, 0.2) is 0 Å². The van der Waals surface area contributed by atoms with E-state index in [1.165, 1.54) is 12.1 Å². The van der Waals surface area contributed by atoms with Crippen LogP contribution in [-0.2, 0) is 0 Å². The Kier molecular flexibility index (Phi) is 5.55. The SMILES string of the molecule is CCCOc1ccc2c(O)c([N+](=O)[O-])c(=O)oc2c1.[Na]. The molecule has 2 rings (SSSR count). The van der Waals surface area contributed by atoms with Crippen LogP contribution in [0.15, 0.2) is 27.4 Å². The third-order valence-electron chi connectivity index (χ3n) is 2.48. The molecule has 0 amide bonds. The second-order valence-electron chi connectivity index (χ2n) is 3.85. The van der Waals surface area contributed by atoms with Gasteiger partial charge in [0, 0.05) is 35.6 Å². The van der Waals surface area contributed by atoms with E-state index < -0.39 is 22.0 Å². The Balaban J connectivity index is 0.00000200. The minimum absolute atomic E-state index is 0. The van der Waals surface area contributed by atoms with Crippen LogP contribution in [0.3, 0.4) is 0 Å². The number of aromatic hydroxyl groups is 1. The fourth-order valence-electron chi connectivity index (χ4n) is 1.63. The minimum Gasteiger partial charge on any atom is -0.501 e. The summed E-state index contributed by atoms with van der Waals surface area (Å²) < 4.78 is 10.2. The standard InChI is InChI=1S/C12H11NO6.Na/c1-2-5-18-7-3-4-8-9(6-7)19-12(15)10(11(8)14)13(16)17;/h3-4,6,14H,2,5H2,1H3;. The Morgan fingerprint density at radius 1 is 1.45 bits per heavy atom. The van der Waals surface area contributed by atoms with E-state index in [9.17, 15) is 20.0 Å². The molecule has 2 aromatic rings. The molecule has 8 heteroatoms. The maximum Gasteiger partial charge on any atom is 0.419 e. The summed E-state index contributed by atoms with van der Waals surface area (Å²) in [7, 11) is 0. The molecule has 7 nitrogen and oxygen atoms in total. The number of nitro groups is 1. The molecule has 0 spiro atoms. The van der Waals surface area contributed by atoms with Crippen LogP contribution in [0.5, 0.6) is 11.5 Å². The molecule has 0 saturated heterocycles. The first kappa shape index (κ1) is 16.5. The van der Waals surface area contributed by atoms with Crippen LogP contribution in [0.2, 0.25) is 0 Å². The molecule has 20 heavy (non-hydrogen) atoms. The molecule has 1 aromatic carbocycles. The first-order valence-electron chi connectivity index (χ1n) is 5.61. The number of nitrogens with zero attached hydrogens (tertiary/aromatic N) is 1. The molecule has 1 aromatic heterocycles. The number of fused-ring (bicyclic) bond motifs is 1. The Labute approximate surface area is 135 Å². The topological polar surface area (TPSA) is 103 Å². The second-order valence-corrected chi connectivity index (χ2v) is 3.85. The van der Waals surface area contributed by atoms with Crippen molar-refractivity contribution in [2.75, 3.05) is 6.61 Å². The molecule has 1 heterocycles. The summed E-state index contributed by atoms with van der Waals surface area (Å²) in [5, 5.41) is 20.5. The molecule has 0 saturated carbocycles. The summed E-state index contributed by atoms with van der Waals surface area (Å²) in [6.07, 6.45) is 0.813. The van der Waals surface area contributed by atoms with Gasteiger partial charge in [-0.15, -0.1) is 0 Å². The van der Waals surface area contributed by atoms with Crippen LogP contribution in [0.4, 0.5) is 5.69 Å². The van der Waals surface area contributed by atoms with Gasteiger partial charge in [-0.3, -0.25) is 10.1 Å². The monoisotopic (exact) mass is 288 g/mol. The van der Waals surface area contributed by atoms with Gasteiger partial charge in [-0.2, -0.15) is 0 Å². The summed E-state index contributed by atoms with van der Waals surface area (Å²) in [4.78, 5) is 21.1. The van der Waals surface area contributed by atoms with Crippen LogP contribution in [0.25, 0.3) is 11.0 Å². The van der Waals surface area contributed by atoms with E-state index in [-0.39, 0.29) is 40.5 Å². The van der Waals surface area contributed by atoms with Gasteiger partial charge in [0.25, 0.3) is 0 Å². The van der Waals surface area contributed by atoms with Crippen molar-refractivity contribution < 1.29 is 19.2 Å². The minimum atomic E-state index is -1.19. The van der Waals surface area contributed by atoms with Crippen LogP contribution in [-0.4, -0.2) is 46.2 Å². The molecule has 0 aliphatic heterocycles. The summed E-state index contributed by atoms with van der Waals surface area (Å²) in [5.74, 6) is -0.232. The third-order valence-corrected chi connectivity index (χ3v) is 2.48. The van der Waals surface area contributed by atoms with Crippen molar-refractivity contribution in [1.82, 2.24) is 0 Å². The predicted octanol–water partition coefficient (Wildman–Crippen LogP) is 1.81. The quantitative estimate of drug-likeness (QED) is 0.398. The third kappa shape index (κ3) is 3.12. The van der Waals surface area contributed by atoms with Gasteiger partial charge < -0.3 is 14.3 Å². The number of rotatable bonds is 4. The van der Waals surface area contributed by atoms with Crippen LogP contribution < -0.4 is 10.4 Å². The molecule has 1 N–H and O–H groups in total. The van der Waals surface area contributed by atoms with E-state index in [1.54, 1.807) is 6.07 Å². The molecule has 0 aliphatic carbocycles. The average Bonchev–Trinajstić information content (AvgIpc) is 2.35. The van der Waals surface area contributed by atoms with E-state index >= 15 is 0 Å². The van der Waals surface area contributed by atoms with Crippen molar-refractivity contribution in [1.29, 1.82) is 0 Å². The van der Waals surface area contributed by atoms with Crippen molar-refractivity contribution >= 4 is 46.2 Å². The Morgan fingerprint density at radius 2 is 2.15 bits per heavy atom. The average molecular weight is 288 g/mol. The summed E-state index contributed by atoms with van der Waals surface area (Å²) >= 11 is 0. The van der Waals surface area contributed by atoms with Crippen LogP contribution in [0.1, 0.15) is 13.3 Å². The zero-order chi connectivity index (χ0) is 14.0. The van der Waals surface area contributed by atoms with E-state index in [0.717, 1.165) is 6.42 Å². The van der Waals surface area contributed by atoms with Crippen LogP contribution in [0, 0.1) is 10.1 Å². The molecule has 0 aliphatic rings. The maximum absolute atomic E-state index is 11.4. The predicted molar refractivity (Wildman–Crippen MR) is 72.3 cm³/mol. The van der Waals surface area contributed by atoms with Gasteiger partial charge >= 0.3 is 11.3 Å². The van der Waals surface area contributed by atoms with Crippen LogP contribution >= 0.6 is 0 Å². The summed E-state index contributed by atoms with van der Waals surface area (Å²) in [6, 6.07) is 4.36. The van der Waals surface area contributed by atoms with Crippen molar-refractivity contribution in [2.45, 2.75) is 13.3 Å². The summed E-state index contributed by atoms with van der Waals surface area (Å²) in [5.41, 5.74) is -2.11. The molecular weight excluding hydrogens is 277 g/mol. The molecule has 0 unspecified atom stereocenters. The molecule has 0 atom stereocenters. The van der Waals surface area contributed by atoms with Gasteiger partial charge in [-0.1, -0.05) is 6.92 Å². The fourth-order valence-corrected chi connectivity index (χ4v) is 1.63. The fraction of sp³-hybridized carbons (Fsp3) is 0.250. The number of ether oxygens (including phenoxy) is 1. The molecule has 1 radical (unpaired) electrons. The van der Waals surface area contributed by atoms with Gasteiger partial charge in [0.2, 0.25) is 5.75 Å². The Morgan fingerprint density at radius 3 is 2.75 bits per heavy atom. The number of hydrogen-bond donors (Lipinski definition) is 1. The molecule has 0 fully saturated rings. The smallest absolute Gasteiger partial charge is 0.419 e. The largest absolute Gasteiger partial charge is 0.501 e. The van der Waals surface area contributed by atoms with Crippen molar-refractivity contribution in [3.8, 4) is 11.5 Å². The van der Waals surface area contributed by atoms with Gasteiger partial charge in [0.1, 0.15) is 11.3 Å². The van der Waals surface area contributed by atoms with E-state index in [2.05, 4.69) is 0 Å². The zero-order valence-electron chi connectivity index (χ0n) is 11.1. The summed E-state index contributed by atoms with van der Waals surface area (Å²) in [6.45, 7) is 2.44. The first-order chi connectivity index (χ1) is 9.04. The first-order valence-corrected chi connectivity index (χ1v) is 5.61. The zero-order valence-corrected chi connectivity index (χ0v) is 13.1. The molecule has 101 valence electrons. The van der Waals surface area contributed by atoms with Crippen molar-refractivity contribution in [2.24, 2.45) is 0 Å². The van der Waals surface area contributed by atoms with Crippen molar-refractivity contribution in [3.05, 3.63) is 38.7 Å². The molecule has 0 bridgehead atoms. The number of hydrogen-bond acceptors (Lipinski definition) is 6. The van der Waals surface area contributed by atoms with Gasteiger partial charge in [-0.05, 0) is 18.6 Å². The second kappa shape index (κ2) is 6.74. The van der Waals surface area contributed by atoms with Gasteiger partial charge in [-0.25, -0.2) is 4.79 Å². The Bertz CT molecular complexity index is 696. The van der Waals surface area contributed by atoms with E-state index in [1.807, 2.05) is 6.92 Å². The van der Waals surface area contributed by atoms with E-state index in [0.29, 0.717) is 12.4 Å². The molecular formula is C12H11NNaO6. The van der Waals surface area contributed by atoms with E-state index in [4.69, 9.17) is 9.15 Å². The number of benzene rings is 1. The van der Waals surface area contributed by atoms with Gasteiger partial charge in [0.05, 0.1) is 16.9 Å².